The van der Waals surface area contributed by atoms with Gasteiger partial charge in [-0.05, 0) is 44.2 Å². The molecule has 0 aromatic carbocycles. The van der Waals surface area contributed by atoms with E-state index in [2.05, 4.69) is 15.4 Å². The fraction of sp³-hybridized carbons (Fsp3) is 0.316. The molecule has 3 rings (SSSR count). The first-order valence-corrected chi connectivity index (χ1v) is 9.59. The molecule has 0 spiro atoms. The summed E-state index contributed by atoms with van der Waals surface area (Å²) in [6.07, 6.45) is 0.523. The quantitative estimate of drug-likeness (QED) is 0.636. The van der Waals surface area contributed by atoms with Crippen LogP contribution in [0.1, 0.15) is 38.7 Å². The van der Waals surface area contributed by atoms with Gasteiger partial charge >= 0.3 is 5.97 Å². The number of hydrogen-bond donors (Lipinski definition) is 1. The molecule has 0 saturated heterocycles. The van der Waals surface area contributed by atoms with Gasteiger partial charge in [0.05, 0.1) is 10.6 Å². The second-order valence-corrected chi connectivity index (χ2v) is 7.28. The minimum Gasteiger partial charge on any atom is -0.456 e. The zero-order chi connectivity index (χ0) is 20.3. The molecule has 28 heavy (non-hydrogen) atoms. The third-order valence-electron chi connectivity index (χ3n) is 4.23. The summed E-state index contributed by atoms with van der Waals surface area (Å²) >= 11 is 1.22. The Kier molecular flexibility index (Phi) is 5.84. The number of carbonyl (C=O) groups excluding carboxylic acids is 3. The molecule has 0 atom stereocenters. The second-order valence-electron chi connectivity index (χ2n) is 6.33. The van der Waals surface area contributed by atoms with E-state index < -0.39 is 24.4 Å². The molecule has 0 aliphatic rings. The lowest BCUT2D eigenvalue weighted by atomic mass is 10.1. The third kappa shape index (κ3) is 4.42. The molecule has 0 saturated carbocycles. The number of hydrogen-bond acceptors (Lipinski definition) is 7. The standard InChI is InChI=1S/C19H20N4O4S/c1-11-9-16-20-12(2)14(13(3)23(16)22-11)6-7-18(25)27-10-17(24)21-19(26)15-5-4-8-28-15/h4-5,8-9H,6-7,10H2,1-3H3,(H,21,24,26). The van der Waals surface area contributed by atoms with Crippen molar-refractivity contribution in [3.05, 3.63) is 51.1 Å². The third-order valence-corrected chi connectivity index (χ3v) is 5.10. The van der Waals surface area contributed by atoms with Crippen LogP contribution in [0.5, 0.6) is 0 Å². The Morgan fingerprint density at radius 2 is 2.04 bits per heavy atom. The van der Waals surface area contributed by atoms with Crippen molar-refractivity contribution < 1.29 is 19.1 Å². The second kappa shape index (κ2) is 8.30. The van der Waals surface area contributed by atoms with Crippen LogP contribution in [-0.4, -0.2) is 39.0 Å². The fourth-order valence-corrected chi connectivity index (χ4v) is 3.50. The molecule has 0 fully saturated rings. The van der Waals surface area contributed by atoms with Gasteiger partial charge in [-0.1, -0.05) is 6.07 Å². The van der Waals surface area contributed by atoms with Crippen molar-refractivity contribution in [3.63, 3.8) is 0 Å². The number of esters is 1. The molecule has 3 heterocycles. The highest BCUT2D eigenvalue weighted by atomic mass is 32.1. The summed E-state index contributed by atoms with van der Waals surface area (Å²) in [4.78, 5) is 40.5. The van der Waals surface area contributed by atoms with Crippen LogP contribution >= 0.6 is 11.3 Å². The van der Waals surface area contributed by atoms with Gasteiger partial charge in [0.15, 0.2) is 12.3 Å². The molecule has 3 aromatic rings. The molecule has 0 unspecified atom stereocenters. The van der Waals surface area contributed by atoms with Crippen molar-refractivity contribution in [2.75, 3.05) is 6.61 Å². The Balaban J connectivity index is 1.52. The summed E-state index contributed by atoms with van der Waals surface area (Å²) < 4.78 is 6.73. The van der Waals surface area contributed by atoms with E-state index in [1.165, 1.54) is 11.3 Å². The smallest absolute Gasteiger partial charge is 0.306 e. The molecule has 3 aromatic heterocycles. The SMILES string of the molecule is Cc1cc2nc(C)c(CCC(=O)OCC(=O)NC(=O)c3cccs3)c(C)n2n1. The molecule has 8 nitrogen and oxygen atoms in total. The Bertz CT molecular complexity index is 1040. The predicted octanol–water partition coefficient (Wildman–Crippen LogP) is 2.15. The Morgan fingerprint density at radius 1 is 1.25 bits per heavy atom. The molecular formula is C19H20N4O4S. The van der Waals surface area contributed by atoms with Crippen LogP contribution in [0.15, 0.2) is 23.6 Å². The lowest BCUT2D eigenvalue weighted by Crippen LogP contribution is -2.33. The average molecular weight is 400 g/mol. The Labute approximate surface area is 165 Å². The van der Waals surface area contributed by atoms with Gasteiger partial charge < -0.3 is 4.74 Å². The fourth-order valence-electron chi connectivity index (χ4n) is 2.88. The molecular weight excluding hydrogens is 380 g/mol. The van der Waals surface area contributed by atoms with Crippen molar-refractivity contribution in [1.82, 2.24) is 19.9 Å². The van der Waals surface area contributed by atoms with Crippen molar-refractivity contribution >= 4 is 34.8 Å². The Morgan fingerprint density at radius 3 is 2.75 bits per heavy atom. The topological polar surface area (TPSA) is 103 Å². The molecule has 2 amide bonds. The predicted molar refractivity (Wildman–Crippen MR) is 103 cm³/mol. The summed E-state index contributed by atoms with van der Waals surface area (Å²) in [6.45, 7) is 5.22. The maximum atomic E-state index is 12.0. The van der Waals surface area contributed by atoms with Gasteiger partial charge in [-0.2, -0.15) is 5.10 Å². The molecule has 9 heteroatoms. The van der Waals surface area contributed by atoms with Crippen molar-refractivity contribution in [2.45, 2.75) is 33.6 Å². The molecule has 0 radical (unpaired) electrons. The van der Waals surface area contributed by atoms with E-state index in [0.717, 1.165) is 28.3 Å². The minimum absolute atomic E-state index is 0.0985. The minimum atomic E-state index is -0.658. The largest absolute Gasteiger partial charge is 0.456 e. The van der Waals surface area contributed by atoms with Crippen molar-refractivity contribution in [3.8, 4) is 0 Å². The number of aromatic nitrogens is 3. The number of amides is 2. The van der Waals surface area contributed by atoms with Gasteiger partial charge in [-0.3, -0.25) is 19.7 Å². The zero-order valence-corrected chi connectivity index (χ0v) is 16.6. The van der Waals surface area contributed by atoms with Crippen LogP contribution in [-0.2, 0) is 20.7 Å². The lowest BCUT2D eigenvalue weighted by molar-refractivity contribution is -0.148. The first kappa shape index (κ1) is 19.7. The summed E-state index contributed by atoms with van der Waals surface area (Å²) in [6, 6.07) is 5.22. The van der Waals surface area contributed by atoms with E-state index in [9.17, 15) is 14.4 Å². The number of imide groups is 1. The molecule has 146 valence electrons. The molecule has 1 N–H and O–H groups in total. The van der Waals surface area contributed by atoms with Gasteiger partial charge in [0, 0.05) is 23.9 Å². The highest BCUT2D eigenvalue weighted by Crippen LogP contribution is 2.17. The van der Waals surface area contributed by atoms with Crippen molar-refractivity contribution in [2.24, 2.45) is 0 Å². The van der Waals surface area contributed by atoms with Crippen LogP contribution in [0.4, 0.5) is 0 Å². The Hall–Kier alpha value is -3.07. The van der Waals surface area contributed by atoms with Gasteiger partial charge in [0.2, 0.25) is 0 Å². The number of fused-ring (bicyclic) bond motifs is 1. The van der Waals surface area contributed by atoms with Gasteiger partial charge in [0.1, 0.15) is 0 Å². The number of rotatable bonds is 6. The van der Waals surface area contributed by atoms with Crippen LogP contribution in [0.3, 0.4) is 0 Å². The summed E-state index contributed by atoms with van der Waals surface area (Å²) in [7, 11) is 0. The number of ether oxygens (including phenoxy) is 1. The highest BCUT2D eigenvalue weighted by Gasteiger charge is 2.15. The first-order chi connectivity index (χ1) is 13.3. The highest BCUT2D eigenvalue weighted by molar-refractivity contribution is 7.12. The summed E-state index contributed by atoms with van der Waals surface area (Å²) in [5, 5.41) is 8.33. The van der Waals surface area contributed by atoms with Gasteiger partial charge in [-0.25, -0.2) is 9.50 Å². The van der Waals surface area contributed by atoms with E-state index in [0.29, 0.717) is 11.3 Å². The number of nitrogens with zero attached hydrogens (tertiary/aromatic N) is 3. The van der Waals surface area contributed by atoms with Crippen LogP contribution in [0, 0.1) is 20.8 Å². The first-order valence-electron chi connectivity index (χ1n) is 8.71. The molecule has 0 aliphatic heterocycles. The van der Waals surface area contributed by atoms with Crippen LogP contribution < -0.4 is 5.32 Å². The maximum Gasteiger partial charge on any atom is 0.306 e. The maximum absolute atomic E-state index is 12.0. The average Bonchev–Trinajstić information content (AvgIpc) is 3.29. The van der Waals surface area contributed by atoms with Crippen molar-refractivity contribution in [1.29, 1.82) is 0 Å². The number of thiophene rings is 1. The van der Waals surface area contributed by atoms with E-state index in [1.54, 1.807) is 22.0 Å². The monoisotopic (exact) mass is 400 g/mol. The van der Waals surface area contributed by atoms with E-state index in [1.807, 2.05) is 26.8 Å². The molecule has 0 aliphatic carbocycles. The van der Waals surface area contributed by atoms with Crippen LogP contribution in [0.2, 0.25) is 0 Å². The number of nitrogens with one attached hydrogen (secondary N) is 1. The van der Waals surface area contributed by atoms with E-state index in [-0.39, 0.29) is 6.42 Å². The van der Waals surface area contributed by atoms with E-state index >= 15 is 0 Å². The number of aryl methyl sites for hydroxylation is 3. The summed E-state index contributed by atoms with van der Waals surface area (Å²) in [5.74, 6) is -1.68. The van der Waals surface area contributed by atoms with Gasteiger partial charge in [0.25, 0.3) is 11.8 Å². The zero-order valence-electron chi connectivity index (χ0n) is 15.8. The van der Waals surface area contributed by atoms with E-state index in [4.69, 9.17) is 4.74 Å². The lowest BCUT2D eigenvalue weighted by Gasteiger charge is -2.11. The summed E-state index contributed by atoms with van der Waals surface area (Å²) in [5.41, 5.74) is 4.31. The van der Waals surface area contributed by atoms with Crippen LogP contribution in [0.25, 0.3) is 5.65 Å². The molecule has 0 bridgehead atoms. The van der Waals surface area contributed by atoms with Gasteiger partial charge in [-0.15, -0.1) is 11.3 Å². The normalized spacial score (nSPS) is 10.8. The number of carbonyl (C=O) groups is 3.